The lowest BCUT2D eigenvalue weighted by molar-refractivity contribution is 0.262. The van der Waals surface area contributed by atoms with Gasteiger partial charge >= 0.3 is 0 Å². The number of rotatable bonds is 4. The largest absolute Gasteiger partial charge is 0.493 e. The number of guanidine groups is 1. The van der Waals surface area contributed by atoms with Crippen LogP contribution in [-0.4, -0.2) is 32.2 Å². The lowest BCUT2D eigenvalue weighted by Gasteiger charge is -2.27. The topological polar surface area (TPSA) is 62.9 Å². The predicted molar refractivity (Wildman–Crippen MR) is 115 cm³/mol. The first-order valence-electron chi connectivity index (χ1n) is 9.89. The summed E-state index contributed by atoms with van der Waals surface area (Å²) < 4.78 is 5.71. The van der Waals surface area contributed by atoms with Crippen LogP contribution in [0.4, 0.5) is 5.69 Å². The number of nitrogens with zero attached hydrogens (tertiary/aromatic N) is 2. The second-order valence-electron chi connectivity index (χ2n) is 7.63. The molecule has 2 aromatic rings. The summed E-state index contributed by atoms with van der Waals surface area (Å²) in [6, 6.07) is 14.3. The van der Waals surface area contributed by atoms with Crippen LogP contribution in [0.5, 0.6) is 5.75 Å². The SMILES string of the molecule is Cc1ccc(Cl)cc1N1CCC(CN=C(N)NC2CCOc3ccccc32)C1. The van der Waals surface area contributed by atoms with E-state index in [4.69, 9.17) is 22.1 Å². The molecule has 0 aromatic heterocycles. The summed E-state index contributed by atoms with van der Waals surface area (Å²) in [7, 11) is 0. The Hall–Kier alpha value is -2.40. The number of nitrogens with one attached hydrogen (secondary N) is 1. The van der Waals surface area contributed by atoms with Gasteiger partial charge in [0.1, 0.15) is 5.75 Å². The van der Waals surface area contributed by atoms with Crippen molar-refractivity contribution in [2.24, 2.45) is 16.6 Å². The van der Waals surface area contributed by atoms with Crippen LogP contribution in [0.3, 0.4) is 0 Å². The number of hydrogen-bond donors (Lipinski definition) is 2. The molecule has 4 rings (SSSR count). The van der Waals surface area contributed by atoms with Crippen molar-refractivity contribution in [3.05, 3.63) is 58.6 Å². The second-order valence-corrected chi connectivity index (χ2v) is 8.07. The second kappa shape index (κ2) is 8.31. The smallest absolute Gasteiger partial charge is 0.189 e. The van der Waals surface area contributed by atoms with Gasteiger partial charge in [0.2, 0.25) is 0 Å². The first kappa shape index (κ1) is 18.9. The van der Waals surface area contributed by atoms with Crippen molar-refractivity contribution >= 4 is 23.2 Å². The van der Waals surface area contributed by atoms with Gasteiger partial charge in [-0.3, -0.25) is 4.99 Å². The maximum absolute atomic E-state index is 6.20. The minimum atomic E-state index is 0.155. The fourth-order valence-electron chi connectivity index (χ4n) is 4.07. The number of hydrogen-bond acceptors (Lipinski definition) is 3. The van der Waals surface area contributed by atoms with E-state index in [0.29, 0.717) is 18.5 Å². The Kier molecular flexibility index (Phi) is 5.62. The average Bonchev–Trinajstić information content (AvgIpc) is 3.17. The van der Waals surface area contributed by atoms with Gasteiger partial charge in [-0.15, -0.1) is 0 Å². The highest BCUT2D eigenvalue weighted by atomic mass is 35.5. The van der Waals surface area contributed by atoms with Crippen LogP contribution >= 0.6 is 11.6 Å². The van der Waals surface area contributed by atoms with Crippen molar-refractivity contribution < 1.29 is 4.74 Å². The summed E-state index contributed by atoms with van der Waals surface area (Å²) in [4.78, 5) is 7.03. The molecule has 5 nitrogen and oxygen atoms in total. The molecule has 6 heteroatoms. The monoisotopic (exact) mass is 398 g/mol. The number of benzene rings is 2. The zero-order chi connectivity index (χ0) is 19.5. The summed E-state index contributed by atoms with van der Waals surface area (Å²) in [5.41, 5.74) is 9.83. The fraction of sp³-hybridized carbons (Fsp3) is 0.409. The fourth-order valence-corrected chi connectivity index (χ4v) is 4.23. The molecular weight excluding hydrogens is 372 g/mol. The number of aliphatic imine (C=N–C) groups is 1. The lowest BCUT2D eigenvalue weighted by atomic mass is 10.0. The van der Waals surface area contributed by atoms with Crippen molar-refractivity contribution in [2.45, 2.75) is 25.8 Å². The zero-order valence-electron chi connectivity index (χ0n) is 16.2. The van der Waals surface area contributed by atoms with E-state index >= 15 is 0 Å². The third kappa shape index (κ3) is 4.20. The van der Waals surface area contributed by atoms with Crippen molar-refractivity contribution in [2.75, 3.05) is 31.1 Å². The van der Waals surface area contributed by atoms with E-state index in [1.807, 2.05) is 24.3 Å². The Labute approximate surface area is 171 Å². The van der Waals surface area contributed by atoms with Crippen molar-refractivity contribution in [1.82, 2.24) is 5.32 Å². The van der Waals surface area contributed by atoms with Gasteiger partial charge < -0.3 is 20.7 Å². The van der Waals surface area contributed by atoms with Crippen LogP contribution in [-0.2, 0) is 0 Å². The highest BCUT2D eigenvalue weighted by molar-refractivity contribution is 6.30. The summed E-state index contributed by atoms with van der Waals surface area (Å²) in [5.74, 6) is 1.95. The molecule has 2 heterocycles. The Morgan fingerprint density at radius 3 is 3.04 bits per heavy atom. The molecule has 0 amide bonds. The Bertz CT molecular complexity index is 869. The highest BCUT2D eigenvalue weighted by Crippen LogP contribution is 2.32. The van der Waals surface area contributed by atoms with Gasteiger partial charge in [-0.1, -0.05) is 35.9 Å². The first-order chi connectivity index (χ1) is 13.6. The summed E-state index contributed by atoms with van der Waals surface area (Å²) in [6.07, 6.45) is 2.00. The summed E-state index contributed by atoms with van der Waals surface area (Å²) >= 11 is 6.18. The Balaban J connectivity index is 1.34. The van der Waals surface area contributed by atoms with Crippen LogP contribution in [0.2, 0.25) is 5.02 Å². The molecule has 0 bridgehead atoms. The third-order valence-electron chi connectivity index (χ3n) is 5.60. The van der Waals surface area contributed by atoms with Crippen LogP contribution < -0.4 is 20.7 Å². The Morgan fingerprint density at radius 1 is 1.29 bits per heavy atom. The number of aryl methyl sites for hydroxylation is 1. The molecule has 0 radical (unpaired) electrons. The van der Waals surface area contributed by atoms with Crippen molar-refractivity contribution in [3.63, 3.8) is 0 Å². The van der Waals surface area contributed by atoms with E-state index in [0.717, 1.165) is 48.8 Å². The molecule has 0 aliphatic carbocycles. The van der Waals surface area contributed by atoms with Gasteiger partial charge in [0.05, 0.1) is 12.6 Å². The molecular formula is C22H27ClN4O. The molecule has 0 saturated carbocycles. The maximum atomic E-state index is 6.20. The Morgan fingerprint density at radius 2 is 2.14 bits per heavy atom. The van der Waals surface area contributed by atoms with Gasteiger partial charge in [-0.2, -0.15) is 0 Å². The molecule has 2 aromatic carbocycles. The first-order valence-corrected chi connectivity index (χ1v) is 10.3. The highest BCUT2D eigenvalue weighted by Gasteiger charge is 2.24. The van der Waals surface area contributed by atoms with Crippen LogP contribution in [0.1, 0.15) is 30.0 Å². The number of halogens is 1. The number of ether oxygens (including phenoxy) is 1. The van der Waals surface area contributed by atoms with Gasteiger partial charge in [-0.25, -0.2) is 0 Å². The van der Waals surface area contributed by atoms with Crippen molar-refractivity contribution in [1.29, 1.82) is 0 Å². The predicted octanol–water partition coefficient (Wildman–Crippen LogP) is 3.90. The van der Waals surface area contributed by atoms with E-state index in [2.05, 4.69) is 40.3 Å². The maximum Gasteiger partial charge on any atom is 0.189 e. The van der Waals surface area contributed by atoms with E-state index in [-0.39, 0.29) is 6.04 Å². The number of para-hydroxylation sites is 1. The normalized spacial score (nSPS) is 21.9. The zero-order valence-corrected chi connectivity index (χ0v) is 17.0. The van der Waals surface area contributed by atoms with Crippen molar-refractivity contribution in [3.8, 4) is 5.75 Å². The molecule has 1 fully saturated rings. The molecule has 3 N–H and O–H groups in total. The third-order valence-corrected chi connectivity index (χ3v) is 5.83. The number of anilines is 1. The number of nitrogens with two attached hydrogens (primary N) is 1. The average molecular weight is 399 g/mol. The summed E-state index contributed by atoms with van der Waals surface area (Å²) in [5, 5.41) is 4.16. The lowest BCUT2D eigenvalue weighted by Crippen LogP contribution is -2.37. The molecule has 1 saturated heterocycles. The van der Waals surface area contributed by atoms with Crippen LogP contribution in [0, 0.1) is 12.8 Å². The van der Waals surface area contributed by atoms with Gasteiger partial charge in [-0.05, 0) is 43.0 Å². The summed E-state index contributed by atoms with van der Waals surface area (Å²) in [6.45, 7) is 5.57. The molecule has 2 atom stereocenters. The van der Waals surface area contributed by atoms with Gasteiger partial charge in [0.25, 0.3) is 0 Å². The van der Waals surface area contributed by atoms with Gasteiger partial charge in [0.15, 0.2) is 5.96 Å². The molecule has 2 aliphatic heterocycles. The standard InChI is InChI=1S/C22H27ClN4O/c1-15-6-7-17(23)12-20(15)27-10-8-16(14-27)13-25-22(24)26-19-9-11-28-21-5-3-2-4-18(19)21/h2-7,12,16,19H,8-11,13-14H2,1H3,(H3,24,25,26). The minimum absolute atomic E-state index is 0.155. The molecule has 2 aliphatic rings. The minimum Gasteiger partial charge on any atom is -0.493 e. The van der Waals surface area contributed by atoms with E-state index in [1.165, 1.54) is 11.3 Å². The van der Waals surface area contributed by atoms with E-state index in [1.54, 1.807) is 0 Å². The molecule has 28 heavy (non-hydrogen) atoms. The van der Waals surface area contributed by atoms with Crippen LogP contribution in [0.25, 0.3) is 0 Å². The number of fused-ring (bicyclic) bond motifs is 1. The van der Waals surface area contributed by atoms with E-state index in [9.17, 15) is 0 Å². The van der Waals surface area contributed by atoms with Crippen LogP contribution in [0.15, 0.2) is 47.5 Å². The molecule has 0 spiro atoms. The molecule has 2 unspecified atom stereocenters. The van der Waals surface area contributed by atoms with E-state index < -0.39 is 0 Å². The quantitative estimate of drug-likeness (QED) is 0.605. The molecule has 148 valence electrons. The van der Waals surface area contributed by atoms with Gasteiger partial charge in [0, 0.05) is 42.3 Å².